The maximum Gasteiger partial charge on any atom is 0.407 e. The summed E-state index contributed by atoms with van der Waals surface area (Å²) in [6.45, 7) is 7.33. The van der Waals surface area contributed by atoms with Crippen molar-refractivity contribution in [1.29, 1.82) is 0 Å². The molecule has 194 valence electrons. The summed E-state index contributed by atoms with van der Waals surface area (Å²) >= 11 is 6.32. The van der Waals surface area contributed by atoms with Crippen LogP contribution < -0.4 is 21.1 Å². The number of piperazine rings is 1. The molecule has 4 rings (SSSR count). The number of carbonyl (C=O) groups is 2. The Morgan fingerprint density at radius 3 is 2.64 bits per heavy atom. The molecule has 1 saturated carbocycles. The SMILES string of the molecule is CC(C)(C)OC(=O)NCC1(c2cccc(Cl)c2)CCC(n2nc(N3CCNC(=O)C3)ccc2=O)CC1. The van der Waals surface area contributed by atoms with Crippen molar-refractivity contribution in [2.24, 2.45) is 0 Å². The predicted molar refractivity (Wildman–Crippen MR) is 139 cm³/mol. The normalized spacial score (nSPS) is 22.6. The molecule has 0 unspecified atom stereocenters. The average molecular weight is 516 g/mol. The Kier molecular flexibility index (Phi) is 7.59. The lowest BCUT2D eigenvalue weighted by Crippen LogP contribution is -2.48. The first kappa shape index (κ1) is 26.0. The van der Waals surface area contributed by atoms with Crippen LogP contribution in [-0.4, -0.2) is 53.6 Å². The molecule has 1 aromatic heterocycles. The summed E-state index contributed by atoms with van der Waals surface area (Å²) in [6.07, 6.45) is 2.43. The zero-order chi connectivity index (χ0) is 25.9. The van der Waals surface area contributed by atoms with Gasteiger partial charge < -0.3 is 20.3 Å². The van der Waals surface area contributed by atoms with Gasteiger partial charge in [-0.15, -0.1) is 0 Å². The number of amides is 2. The van der Waals surface area contributed by atoms with Crippen LogP contribution in [0.15, 0.2) is 41.2 Å². The number of nitrogens with one attached hydrogen (secondary N) is 2. The van der Waals surface area contributed by atoms with Gasteiger partial charge in [0.1, 0.15) is 11.4 Å². The molecule has 1 aliphatic carbocycles. The fourth-order valence-electron chi connectivity index (χ4n) is 5.02. The number of benzene rings is 1. The molecule has 10 heteroatoms. The van der Waals surface area contributed by atoms with Crippen molar-refractivity contribution in [1.82, 2.24) is 20.4 Å². The molecule has 0 bridgehead atoms. The summed E-state index contributed by atoms with van der Waals surface area (Å²) in [5, 5.41) is 11.0. The summed E-state index contributed by atoms with van der Waals surface area (Å²) in [5.74, 6) is 0.574. The van der Waals surface area contributed by atoms with Crippen LogP contribution in [0.4, 0.5) is 10.6 Å². The van der Waals surface area contributed by atoms with E-state index in [2.05, 4.69) is 15.7 Å². The highest BCUT2D eigenvalue weighted by atomic mass is 35.5. The van der Waals surface area contributed by atoms with Crippen LogP contribution in [0.25, 0.3) is 0 Å². The minimum absolute atomic E-state index is 0.0535. The van der Waals surface area contributed by atoms with Gasteiger partial charge in [-0.1, -0.05) is 23.7 Å². The zero-order valence-corrected chi connectivity index (χ0v) is 21.8. The minimum Gasteiger partial charge on any atom is -0.444 e. The van der Waals surface area contributed by atoms with Gasteiger partial charge in [0.05, 0.1) is 12.6 Å². The maximum atomic E-state index is 12.8. The number of nitrogens with zero attached hydrogens (tertiary/aromatic N) is 3. The third-order valence-electron chi connectivity index (χ3n) is 6.84. The predicted octanol–water partition coefficient (Wildman–Crippen LogP) is 3.41. The smallest absolute Gasteiger partial charge is 0.407 e. The van der Waals surface area contributed by atoms with Gasteiger partial charge in [0.25, 0.3) is 5.56 Å². The second kappa shape index (κ2) is 10.5. The number of alkyl carbamates (subject to hydrolysis) is 1. The van der Waals surface area contributed by atoms with Gasteiger partial charge >= 0.3 is 6.09 Å². The van der Waals surface area contributed by atoms with Crippen LogP contribution in [0.2, 0.25) is 5.02 Å². The van der Waals surface area contributed by atoms with Crippen molar-refractivity contribution >= 4 is 29.4 Å². The van der Waals surface area contributed by atoms with Crippen molar-refractivity contribution in [3.8, 4) is 0 Å². The van der Waals surface area contributed by atoms with Gasteiger partial charge in [-0.05, 0) is 70.2 Å². The molecule has 2 amide bonds. The van der Waals surface area contributed by atoms with Crippen molar-refractivity contribution in [2.45, 2.75) is 63.5 Å². The average Bonchev–Trinajstić information content (AvgIpc) is 2.82. The summed E-state index contributed by atoms with van der Waals surface area (Å²) in [7, 11) is 0. The number of rotatable bonds is 5. The number of aromatic nitrogens is 2. The summed E-state index contributed by atoms with van der Waals surface area (Å²) in [5.41, 5.74) is -0.0345. The highest BCUT2D eigenvalue weighted by Crippen LogP contribution is 2.43. The molecule has 36 heavy (non-hydrogen) atoms. The first-order valence-electron chi connectivity index (χ1n) is 12.4. The number of hydrogen-bond acceptors (Lipinski definition) is 6. The highest BCUT2D eigenvalue weighted by Gasteiger charge is 2.39. The Morgan fingerprint density at radius 1 is 1.22 bits per heavy atom. The van der Waals surface area contributed by atoms with E-state index in [9.17, 15) is 14.4 Å². The Morgan fingerprint density at radius 2 is 1.97 bits per heavy atom. The molecule has 1 aliphatic heterocycles. The molecule has 0 atom stereocenters. The van der Waals surface area contributed by atoms with E-state index in [0.717, 1.165) is 18.4 Å². The second-order valence-electron chi connectivity index (χ2n) is 10.6. The van der Waals surface area contributed by atoms with Crippen LogP contribution in [-0.2, 0) is 14.9 Å². The van der Waals surface area contributed by atoms with E-state index in [-0.39, 0.29) is 29.5 Å². The first-order chi connectivity index (χ1) is 17.0. The molecule has 2 fully saturated rings. The van der Waals surface area contributed by atoms with Crippen molar-refractivity contribution in [3.63, 3.8) is 0 Å². The number of ether oxygens (including phenoxy) is 1. The fraction of sp³-hybridized carbons (Fsp3) is 0.538. The van der Waals surface area contributed by atoms with E-state index in [4.69, 9.17) is 16.3 Å². The number of halogens is 1. The zero-order valence-electron chi connectivity index (χ0n) is 21.1. The molecule has 2 aromatic rings. The molecule has 1 aromatic carbocycles. The van der Waals surface area contributed by atoms with Crippen molar-refractivity contribution in [2.75, 3.05) is 31.1 Å². The van der Waals surface area contributed by atoms with Crippen LogP contribution in [0.5, 0.6) is 0 Å². The Labute approximate surface area is 216 Å². The molecule has 0 spiro atoms. The van der Waals surface area contributed by atoms with Crippen LogP contribution in [0, 0.1) is 0 Å². The van der Waals surface area contributed by atoms with Gasteiger partial charge in [-0.3, -0.25) is 9.59 Å². The van der Waals surface area contributed by atoms with Gasteiger partial charge in [0.15, 0.2) is 0 Å². The summed E-state index contributed by atoms with van der Waals surface area (Å²) in [6, 6.07) is 10.9. The monoisotopic (exact) mass is 515 g/mol. The molecular formula is C26H34ClN5O4. The van der Waals surface area contributed by atoms with E-state index < -0.39 is 11.7 Å². The van der Waals surface area contributed by atoms with Gasteiger partial charge in [0.2, 0.25) is 5.91 Å². The Balaban J connectivity index is 1.53. The molecule has 9 nitrogen and oxygen atoms in total. The minimum atomic E-state index is -0.585. The number of anilines is 1. The number of carbonyl (C=O) groups excluding carboxylic acids is 2. The van der Waals surface area contributed by atoms with Crippen LogP contribution >= 0.6 is 11.6 Å². The van der Waals surface area contributed by atoms with E-state index >= 15 is 0 Å². The topological polar surface area (TPSA) is 106 Å². The van der Waals surface area contributed by atoms with Gasteiger partial charge in [0, 0.05) is 36.1 Å². The summed E-state index contributed by atoms with van der Waals surface area (Å²) in [4.78, 5) is 38.9. The fourth-order valence-corrected chi connectivity index (χ4v) is 5.21. The van der Waals surface area contributed by atoms with Crippen LogP contribution in [0.3, 0.4) is 0 Å². The second-order valence-corrected chi connectivity index (χ2v) is 11.1. The van der Waals surface area contributed by atoms with Gasteiger partial charge in [-0.2, -0.15) is 5.10 Å². The van der Waals surface area contributed by atoms with Gasteiger partial charge in [-0.25, -0.2) is 9.48 Å². The maximum absolute atomic E-state index is 12.8. The Bertz CT molecular complexity index is 1170. The molecule has 0 radical (unpaired) electrons. The molecule has 2 aliphatic rings. The lowest BCUT2D eigenvalue weighted by molar-refractivity contribution is -0.120. The van der Waals surface area contributed by atoms with Crippen molar-refractivity contribution < 1.29 is 14.3 Å². The third kappa shape index (κ3) is 6.19. The first-order valence-corrected chi connectivity index (χ1v) is 12.8. The largest absolute Gasteiger partial charge is 0.444 e. The van der Waals surface area contributed by atoms with Crippen molar-refractivity contribution in [3.05, 3.63) is 57.3 Å². The van der Waals surface area contributed by atoms with E-state index in [1.54, 1.807) is 10.7 Å². The Hall–Kier alpha value is -3.07. The lowest BCUT2D eigenvalue weighted by atomic mass is 9.68. The molecular weight excluding hydrogens is 482 g/mol. The van der Waals surface area contributed by atoms with E-state index in [0.29, 0.717) is 43.3 Å². The molecule has 2 heterocycles. The molecule has 1 saturated heterocycles. The molecule has 2 N–H and O–H groups in total. The van der Waals surface area contributed by atoms with E-state index in [1.165, 1.54) is 6.07 Å². The quantitative estimate of drug-likeness (QED) is 0.632. The highest BCUT2D eigenvalue weighted by molar-refractivity contribution is 6.30. The lowest BCUT2D eigenvalue weighted by Gasteiger charge is -2.41. The van der Waals surface area contributed by atoms with Crippen LogP contribution in [0.1, 0.15) is 58.1 Å². The standard InChI is InChI=1S/C26H34ClN5O4/c1-25(2,3)36-24(35)29-17-26(18-5-4-6-19(27)15-18)11-9-20(10-12-26)32-23(34)8-7-21(30-32)31-14-13-28-22(33)16-31/h4-8,15,20H,9-14,16-17H2,1-3H3,(H,28,33)(H,29,35). The van der Waals surface area contributed by atoms with E-state index in [1.807, 2.05) is 49.9 Å². The number of hydrogen-bond donors (Lipinski definition) is 2. The summed E-state index contributed by atoms with van der Waals surface area (Å²) < 4.78 is 7.01. The third-order valence-corrected chi connectivity index (χ3v) is 7.07.